The van der Waals surface area contributed by atoms with Gasteiger partial charge in [0.1, 0.15) is 0 Å². The van der Waals surface area contributed by atoms with Crippen LogP contribution in [0.2, 0.25) is 0 Å². The molecule has 0 unspecified atom stereocenters. The van der Waals surface area contributed by atoms with Crippen LogP contribution in [0.5, 0.6) is 0 Å². The number of carbonyl (C=O) groups excluding carboxylic acids is 2. The molecule has 0 aliphatic carbocycles. The second kappa shape index (κ2) is 11.1. The number of nitrogens with one attached hydrogen (secondary N) is 2. The van der Waals surface area contributed by atoms with Gasteiger partial charge in [0.2, 0.25) is 5.91 Å². The number of carbonyl (C=O) groups is 2. The van der Waals surface area contributed by atoms with Crippen molar-refractivity contribution in [3.05, 3.63) is 53.6 Å². The van der Waals surface area contributed by atoms with Crippen LogP contribution in [0.3, 0.4) is 0 Å². The van der Waals surface area contributed by atoms with E-state index in [0.29, 0.717) is 42.9 Å². The number of para-hydroxylation sites is 1. The van der Waals surface area contributed by atoms with Crippen molar-refractivity contribution in [1.82, 2.24) is 0 Å². The van der Waals surface area contributed by atoms with Crippen molar-refractivity contribution >= 4 is 41.3 Å². The molecule has 0 fully saturated rings. The SMILES string of the molecule is CCNc1ccc(C(=O)OCC)cc1NC(=O)CCc1ccccc1N.Cl. The molecule has 146 valence electrons. The highest BCUT2D eigenvalue weighted by molar-refractivity contribution is 5.98. The molecule has 4 N–H and O–H groups in total. The van der Waals surface area contributed by atoms with Crippen LogP contribution in [0.15, 0.2) is 42.5 Å². The molecule has 2 aromatic carbocycles. The summed E-state index contributed by atoms with van der Waals surface area (Å²) in [6, 6.07) is 12.6. The Kier molecular flexibility index (Phi) is 9.16. The maximum Gasteiger partial charge on any atom is 0.338 e. The van der Waals surface area contributed by atoms with Crippen LogP contribution in [0.25, 0.3) is 0 Å². The normalized spacial score (nSPS) is 9.85. The minimum atomic E-state index is -0.414. The Morgan fingerprint density at radius 2 is 1.81 bits per heavy atom. The zero-order chi connectivity index (χ0) is 18.9. The minimum absolute atomic E-state index is 0. The maximum absolute atomic E-state index is 12.4. The van der Waals surface area contributed by atoms with Crippen LogP contribution in [0, 0.1) is 0 Å². The molecule has 0 spiro atoms. The van der Waals surface area contributed by atoms with Gasteiger partial charge in [-0.05, 0) is 50.1 Å². The lowest BCUT2D eigenvalue weighted by Gasteiger charge is -2.14. The highest BCUT2D eigenvalue weighted by Gasteiger charge is 2.13. The van der Waals surface area contributed by atoms with E-state index in [1.807, 2.05) is 31.2 Å². The number of esters is 1. The molecule has 7 heteroatoms. The van der Waals surface area contributed by atoms with E-state index in [1.54, 1.807) is 25.1 Å². The number of benzene rings is 2. The first-order valence-electron chi connectivity index (χ1n) is 8.73. The molecule has 1 amide bonds. The van der Waals surface area contributed by atoms with E-state index < -0.39 is 5.97 Å². The number of hydrogen-bond donors (Lipinski definition) is 3. The Labute approximate surface area is 165 Å². The van der Waals surface area contributed by atoms with Gasteiger partial charge in [-0.1, -0.05) is 18.2 Å². The number of anilines is 3. The van der Waals surface area contributed by atoms with Crippen LogP contribution in [0.1, 0.15) is 36.2 Å². The molecular weight excluding hydrogens is 366 g/mol. The third-order valence-corrected chi connectivity index (χ3v) is 3.85. The van der Waals surface area contributed by atoms with Crippen molar-refractivity contribution in [2.75, 3.05) is 29.5 Å². The number of halogens is 1. The molecule has 6 nitrogen and oxygen atoms in total. The second-order valence-corrected chi connectivity index (χ2v) is 5.76. The van der Waals surface area contributed by atoms with Gasteiger partial charge in [0.25, 0.3) is 0 Å². The first-order chi connectivity index (χ1) is 12.5. The van der Waals surface area contributed by atoms with E-state index in [-0.39, 0.29) is 18.3 Å². The minimum Gasteiger partial charge on any atom is -0.462 e. The summed E-state index contributed by atoms with van der Waals surface area (Å²) in [5.41, 5.74) is 9.25. The van der Waals surface area contributed by atoms with Crippen LogP contribution < -0.4 is 16.4 Å². The lowest BCUT2D eigenvalue weighted by molar-refractivity contribution is -0.116. The van der Waals surface area contributed by atoms with Gasteiger partial charge in [-0.2, -0.15) is 0 Å². The largest absolute Gasteiger partial charge is 0.462 e. The average Bonchev–Trinajstić information content (AvgIpc) is 2.63. The van der Waals surface area contributed by atoms with E-state index >= 15 is 0 Å². The molecule has 0 aliphatic rings. The molecule has 0 aliphatic heterocycles. The van der Waals surface area contributed by atoms with Crippen molar-refractivity contribution in [3.63, 3.8) is 0 Å². The fourth-order valence-corrected chi connectivity index (χ4v) is 2.56. The van der Waals surface area contributed by atoms with Crippen LogP contribution in [0.4, 0.5) is 17.1 Å². The maximum atomic E-state index is 12.4. The second-order valence-electron chi connectivity index (χ2n) is 5.76. The summed E-state index contributed by atoms with van der Waals surface area (Å²) in [6.07, 6.45) is 0.843. The van der Waals surface area contributed by atoms with E-state index in [9.17, 15) is 9.59 Å². The van der Waals surface area contributed by atoms with Crippen molar-refractivity contribution in [3.8, 4) is 0 Å². The summed E-state index contributed by atoms with van der Waals surface area (Å²) in [5, 5.41) is 6.05. The predicted octanol–water partition coefficient (Wildman–Crippen LogP) is 3.87. The smallest absolute Gasteiger partial charge is 0.338 e. The number of nitrogen functional groups attached to an aromatic ring is 1. The molecular formula is C20H26ClN3O3. The summed E-state index contributed by atoms with van der Waals surface area (Å²) in [5.74, 6) is -0.559. The van der Waals surface area contributed by atoms with Gasteiger partial charge in [0.15, 0.2) is 0 Å². The van der Waals surface area contributed by atoms with Crippen molar-refractivity contribution in [2.24, 2.45) is 0 Å². The van der Waals surface area contributed by atoms with Crippen LogP contribution >= 0.6 is 12.4 Å². The summed E-state index contributed by atoms with van der Waals surface area (Å²) >= 11 is 0. The summed E-state index contributed by atoms with van der Waals surface area (Å²) in [7, 11) is 0. The predicted molar refractivity (Wildman–Crippen MR) is 112 cm³/mol. The van der Waals surface area contributed by atoms with Crippen LogP contribution in [-0.4, -0.2) is 25.0 Å². The zero-order valence-electron chi connectivity index (χ0n) is 15.6. The van der Waals surface area contributed by atoms with E-state index in [4.69, 9.17) is 10.5 Å². The Bertz CT molecular complexity index is 781. The zero-order valence-corrected chi connectivity index (χ0v) is 16.4. The van der Waals surface area contributed by atoms with Gasteiger partial charge in [-0.15, -0.1) is 12.4 Å². The summed E-state index contributed by atoms with van der Waals surface area (Å²) in [4.78, 5) is 24.3. The number of amides is 1. The lowest BCUT2D eigenvalue weighted by atomic mass is 10.1. The van der Waals surface area contributed by atoms with E-state index in [1.165, 1.54) is 0 Å². The van der Waals surface area contributed by atoms with Gasteiger partial charge < -0.3 is 21.1 Å². The molecule has 0 aromatic heterocycles. The van der Waals surface area contributed by atoms with Gasteiger partial charge in [-0.3, -0.25) is 4.79 Å². The topological polar surface area (TPSA) is 93.5 Å². The molecule has 0 saturated heterocycles. The van der Waals surface area contributed by atoms with Crippen molar-refractivity contribution in [1.29, 1.82) is 0 Å². The standard InChI is InChI=1S/C20H25N3O3.ClH/c1-3-22-17-11-9-15(20(25)26-4-2)13-18(17)23-19(24)12-10-14-7-5-6-8-16(14)21;/h5-9,11,13,22H,3-4,10,12,21H2,1-2H3,(H,23,24);1H. The Hall–Kier alpha value is -2.73. The Balaban J connectivity index is 0.00000364. The fourth-order valence-electron chi connectivity index (χ4n) is 2.56. The Morgan fingerprint density at radius 3 is 2.48 bits per heavy atom. The number of hydrogen-bond acceptors (Lipinski definition) is 5. The first kappa shape index (κ1) is 22.3. The molecule has 0 heterocycles. The van der Waals surface area contributed by atoms with Gasteiger partial charge in [0.05, 0.1) is 23.5 Å². The third-order valence-electron chi connectivity index (χ3n) is 3.85. The fraction of sp³-hybridized carbons (Fsp3) is 0.300. The molecule has 27 heavy (non-hydrogen) atoms. The quantitative estimate of drug-likeness (QED) is 0.469. The van der Waals surface area contributed by atoms with E-state index in [2.05, 4.69) is 10.6 Å². The first-order valence-corrected chi connectivity index (χ1v) is 8.73. The highest BCUT2D eigenvalue weighted by Crippen LogP contribution is 2.24. The monoisotopic (exact) mass is 391 g/mol. The number of nitrogens with two attached hydrogens (primary N) is 1. The average molecular weight is 392 g/mol. The number of ether oxygens (including phenoxy) is 1. The highest BCUT2D eigenvalue weighted by atomic mass is 35.5. The molecule has 2 rings (SSSR count). The number of rotatable bonds is 8. The number of aryl methyl sites for hydroxylation is 1. The van der Waals surface area contributed by atoms with Gasteiger partial charge >= 0.3 is 5.97 Å². The van der Waals surface area contributed by atoms with Gasteiger partial charge in [0, 0.05) is 18.7 Å². The Morgan fingerprint density at radius 1 is 1.07 bits per heavy atom. The molecule has 0 radical (unpaired) electrons. The molecule has 0 bridgehead atoms. The third kappa shape index (κ3) is 6.49. The van der Waals surface area contributed by atoms with Gasteiger partial charge in [-0.25, -0.2) is 4.79 Å². The van der Waals surface area contributed by atoms with Crippen molar-refractivity contribution < 1.29 is 14.3 Å². The molecule has 2 aromatic rings. The summed E-state index contributed by atoms with van der Waals surface area (Å²) in [6.45, 7) is 4.71. The van der Waals surface area contributed by atoms with E-state index in [0.717, 1.165) is 11.3 Å². The molecule has 0 atom stereocenters. The van der Waals surface area contributed by atoms with Crippen LogP contribution in [-0.2, 0) is 16.0 Å². The molecule has 0 saturated carbocycles. The van der Waals surface area contributed by atoms with Crippen molar-refractivity contribution in [2.45, 2.75) is 26.7 Å². The lowest BCUT2D eigenvalue weighted by Crippen LogP contribution is -2.15. The summed E-state index contributed by atoms with van der Waals surface area (Å²) < 4.78 is 5.02.